The monoisotopic (exact) mass is 401 g/mol. The largest absolute Gasteiger partial charge is 0.493 e. The van der Waals surface area contributed by atoms with Gasteiger partial charge in [0.25, 0.3) is 5.91 Å². The Morgan fingerprint density at radius 2 is 1.64 bits per heavy atom. The van der Waals surface area contributed by atoms with Crippen LogP contribution in [0, 0.1) is 0 Å². The number of hydrogen-bond donors (Lipinski definition) is 3. The highest BCUT2D eigenvalue weighted by Crippen LogP contribution is 2.27. The first kappa shape index (κ1) is 21.2. The number of anilines is 2. The van der Waals surface area contributed by atoms with Gasteiger partial charge in [0.2, 0.25) is 5.91 Å². The second kappa shape index (κ2) is 10.3. The van der Waals surface area contributed by atoms with Crippen molar-refractivity contribution in [1.82, 2.24) is 5.32 Å². The van der Waals surface area contributed by atoms with Crippen LogP contribution in [0.15, 0.2) is 42.5 Å². The van der Waals surface area contributed by atoms with E-state index >= 15 is 0 Å². The molecule has 0 heterocycles. The number of carbonyl (C=O) groups excluding carboxylic acids is 2. The van der Waals surface area contributed by atoms with Gasteiger partial charge in [0.05, 0.1) is 14.2 Å². The van der Waals surface area contributed by atoms with Crippen LogP contribution in [0.5, 0.6) is 11.5 Å². The third-order valence-electron chi connectivity index (χ3n) is 3.75. The van der Waals surface area contributed by atoms with Gasteiger partial charge in [0.1, 0.15) is 0 Å². The Kier molecular flexibility index (Phi) is 7.76. The average molecular weight is 401 g/mol. The molecule has 0 fully saturated rings. The van der Waals surface area contributed by atoms with Crippen molar-refractivity contribution in [2.24, 2.45) is 0 Å². The molecular weight excluding hydrogens is 378 g/mol. The smallest absolute Gasteiger partial charge is 0.257 e. The van der Waals surface area contributed by atoms with Gasteiger partial charge in [-0.25, -0.2) is 0 Å². The highest BCUT2D eigenvalue weighted by atomic mass is 32.1. The number of methoxy groups -OCH3 is 2. The third kappa shape index (κ3) is 5.95. The van der Waals surface area contributed by atoms with E-state index in [0.717, 1.165) is 6.42 Å². The molecule has 2 aromatic rings. The molecule has 0 aliphatic carbocycles. The van der Waals surface area contributed by atoms with Gasteiger partial charge >= 0.3 is 0 Å². The first-order valence-corrected chi connectivity index (χ1v) is 9.12. The molecule has 0 saturated heterocycles. The minimum atomic E-state index is -0.383. The number of carbonyl (C=O) groups is 2. The molecule has 7 nitrogen and oxygen atoms in total. The highest BCUT2D eigenvalue weighted by molar-refractivity contribution is 7.80. The van der Waals surface area contributed by atoms with Crippen LogP contribution < -0.4 is 25.4 Å². The molecule has 2 amide bonds. The van der Waals surface area contributed by atoms with Gasteiger partial charge in [0, 0.05) is 23.4 Å². The zero-order chi connectivity index (χ0) is 20.5. The van der Waals surface area contributed by atoms with E-state index in [0.29, 0.717) is 34.9 Å². The van der Waals surface area contributed by atoms with Crippen LogP contribution in [0.1, 0.15) is 30.1 Å². The Morgan fingerprint density at radius 1 is 0.964 bits per heavy atom. The Hall–Kier alpha value is -3.13. The average Bonchev–Trinajstić information content (AvgIpc) is 2.67. The van der Waals surface area contributed by atoms with Crippen molar-refractivity contribution < 1.29 is 19.1 Å². The molecule has 28 heavy (non-hydrogen) atoms. The van der Waals surface area contributed by atoms with Crippen molar-refractivity contribution in [3.05, 3.63) is 48.0 Å². The number of ether oxygens (including phenoxy) is 2. The molecule has 0 bridgehead atoms. The van der Waals surface area contributed by atoms with Crippen molar-refractivity contribution in [3.8, 4) is 11.5 Å². The normalized spacial score (nSPS) is 9.96. The van der Waals surface area contributed by atoms with E-state index in [1.165, 1.54) is 14.2 Å². The van der Waals surface area contributed by atoms with Crippen molar-refractivity contribution in [1.29, 1.82) is 0 Å². The summed E-state index contributed by atoms with van der Waals surface area (Å²) in [6.45, 7) is 1.94. The van der Waals surface area contributed by atoms with Gasteiger partial charge in [0.15, 0.2) is 16.6 Å². The predicted octanol–water partition coefficient (Wildman–Crippen LogP) is 3.57. The molecule has 148 valence electrons. The van der Waals surface area contributed by atoms with E-state index in [2.05, 4.69) is 16.0 Å². The SMILES string of the molecule is CCCC(=O)Nc1cccc(NC(=S)NC(=O)c2ccc(OC)c(OC)c2)c1. The van der Waals surface area contributed by atoms with Gasteiger partial charge in [-0.1, -0.05) is 13.0 Å². The summed E-state index contributed by atoms with van der Waals surface area (Å²) in [5.41, 5.74) is 1.67. The highest BCUT2D eigenvalue weighted by Gasteiger charge is 2.12. The maximum absolute atomic E-state index is 12.4. The van der Waals surface area contributed by atoms with Crippen LogP contribution in [0.2, 0.25) is 0 Å². The summed E-state index contributed by atoms with van der Waals surface area (Å²) in [6.07, 6.45) is 1.23. The van der Waals surface area contributed by atoms with Gasteiger partial charge in [-0.2, -0.15) is 0 Å². The molecule has 0 aromatic heterocycles. The second-order valence-electron chi connectivity index (χ2n) is 5.86. The van der Waals surface area contributed by atoms with Gasteiger partial charge in [-0.15, -0.1) is 0 Å². The maximum atomic E-state index is 12.4. The van der Waals surface area contributed by atoms with E-state index in [1.807, 2.05) is 6.92 Å². The lowest BCUT2D eigenvalue weighted by Gasteiger charge is -2.12. The van der Waals surface area contributed by atoms with Gasteiger partial charge in [-0.3, -0.25) is 14.9 Å². The third-order valence-corrected chi connectivity index (χ3v) is 3.96. The molecule has 3 N–H and O–H groups in total. The Bertz CT molecular complexity index is 870. The topological polar surface area (TPSA) is 88.7 Å². The summed E-state index contributed by atoms with van der Waals surface area (Å²) in [5, 5.41) is 8.49. The number of benzene rings is 2. The second-order valence-corrected chi connectivity index (χ2v) is 6.27. The molecule has 0 spiro atoms. The number of hydrogen-bond acceptors (Lipinski definition) is 5. The minimum Gasteiger partial charge on any atom is -0.493 e. The number of thiocarbonyl (C=S) groups is 1. The Labute approximate surface area is 169 Å². The molecule has 0 radical (unpaired) electrons. The fourth-order valence-electron chi connectivity index (χ4n) is 2.44. The molecule has 0 saturated carbocycles. The first-order valence-electron chi connectivity index (χ1n) is 8.71. The number of amides is 2. The van der Waals surface area contributed by atoms with Crippen LogP contribution in [-0.2, 0) is 4.79 Å². The van der Waals surface area contributed by atoms with Crippen LogP contribution in [0.4, 0.5) is 11.4 Å². The quantitative estimate of drug-likeness (QED) is 0.615. The van der Waals surface area contributed by atoms with Crippen LogP contribution in [0.25, 0.3) is 0 Å². The summed E-state index contributed by atoms with van der Waals surface area (Å²) in [4.78, 5) is 24.1. The first-order chi connectivity index (χ1) is 13.5. The lowest BCUT2D eigenvalue weighted by molar-refractivity contribution is -0.116. The summed E-state index contributed by atoms with van der Waals surface area (Å²) >= 11 is 5.21. The van der Waals surface area contributed by atoms with Crippen molar-refractivity contribution in [2.45, 2.75) is 19.8 Å². The molecular formula is C20H23N3O4S. The fourth-order valence-corrected chi connectivity index (χ4v) is 2.65. The summed E-state index contributed by atoms with van der Waals surface area (Å²) in [6, 6.07) is 11.9. The van der Waals surface area contributed by atoms with E-state index in [4.69, 9.17) is 21.7 Å². The maximum Gasteiger partial charge on any atom is 0.257 e. The van der Waals surface area contributed by atoms with Crippen molar-refractivity contribution >= 4 is 40.5 Å². The molecule has 2 aromatic carbocycles. The van der Waals surface area contributed by atoms with Gasteiger partial charge < -0.3 is 20.1 Å². The van der Waals surface area contributed by atoms with Crippen LogP contribution in [-0.4, -0.2) is 31.1 Å². The van der Waals surface area contributed by atoms with Crippen LogP contribution >= 0.6 is 12.2 Å². The minimum absolute atomic E-state index is 0.0519. The molecule has 0 atom stereocenters. The summed E-state index contributed by atoms with van der Waals surface area (Å²) in [7, 11) is 3.02. The van der Waals surface area contributed by atoms with Crippen LogP contribution in [0.3, 0.4) is 0 Å². The Morgan fingerprint density at radius 3 is 2.29 bits per heavy atom. The predicted molar refractivity (Wildman–Crippen MR) is 113 cm³/mol. The molecule has 0 aliphatic heterocycles. The zero-order valence-electron chi connectivity index (χ0n) is 16.0. The molecule has 2 rings (SSSR count). The Balaban J connectivity index is 2.00. The summed E-state index contributed by atoms with van der Waals surface area (Å²) < 4.78 is 10.4. The van der Waals surface area contributed by atoms with E-state index in [-0.39, 0.29) is 16.9 Å². The number of rotatable bonds is 7. The van der Waals surface area contributed by atoms with Crippen molar-refractivity contribution in [3.63, 3.8) is 0 Å². The fraction of sp³-hybridized carbons (Fsp3) is 0.250. The summed E-state index contributed by atoms with van der Waals surface area (Å²) in [5.74, 6) is 0.543. The molecule has 8 heteroatoms. The van der Waals surface area contributed by atoms with Crippen molar-refractivity contribution in [2.75, 3.05) is 24.9 Å². The molecule has 0 unspecified atom stereocenters. The van der Waals surface area contributed by atoms with E-state index in [9.17, 15) is 9.59 Å². The van der Waals surface area contributed by atoms with E-state index < -0.39 is 0 Å². The molecule has 0 aliphatic rings. The standard InChI is InChI=1S/C20H23N3O4S/c1-4-6-18(24)21-14-7-5-8-15(12-14)22-20(28)23-19(25)13-9-10-16(26-2)17(11-13)27-3/h5,7-12H,4,6H2,1-3H3,(H,21,24)(H2,22,23,25,28). The van der Waals surface area contributed by atoms with Gasteiger partial charge in [-0.05, 0) is 55.0 Å². The van der Waals surface area contributed by atoms with E-state index in [1.54, 1.807) is 42.5 Å². The lowest BCUT2D eigenvalue weighted by atomic mass is 10.2. The lowest BCUT2D eigenvalue weighted by Crippen LogP contribution is -2.34. The zero-order valence-corrected chi connectivity index (χ0v) is 16.8. The number of nitrogens with one attached hydrogen (secondary N) is 3.